The number of amides is 2. The van der Waals surface area contributed by atoms with Crippen LogP contribution in [0.25, 0.3) is 22.3 Å². The van der Waals surface area contributed by atoms with E-state index in [9.17, 15) is 14.4 Å². The Labute approximate surface area is 208 Å². The summed E-state index contributed by atoms with van der Waals surface area (Å²) >= 11 is 0. The zero-order chi connectivity index (χ0) is 24.9. The Morgan fingerprint density at radius 3 is 2.36 bits per heavy atom. The highest BCUT2D eigenvalue weighted by atomic mass is 16.5. The van der Waals surface area contributed by atoms with Crippen LogP contribution in [0.3, 0.4) is 0 Å². The molecule has 2 amide bonds. The van der Waals surface area contributed by atoms with Gasteiger partial charge in [-0.1, -0.05) is 30.3 Å². The average molecular weight is 483 g/mol. The van der Waals surface area contributed by atoms with E-state index in [1.807, 2.05) is 41.3 Å². The van der Waals surface area contributed by atoms with Crippen LogP contribution < -0.4 is 15.5 Å². The lowest BCUT2D eigenvalue weighted by molar-refractivity contribution is -0.124. The molecule has 0 saturated carbocycles. The standard InChI is InChI=1S/C29H26N2O5/c32-25-18-27(36-26-9-5-4-8-24(25)26)20-10-12-23(13-11-20)35-19-28(33)30-22-14-16-31(17-15-22)29(34)21-6-2-1-3-7-21/h1-13,18,22H,14-17,19H2,(H,30,33). The summed E-state index contributed by atoms with van der Waals surface area (Å²) in [5.41, 5.74) is 1.86. The maximum atomic E-state index is 12.6. The van der Waals surface area contributed by atoms with Crippen molar-refractivity contribution in [3.8, 4) is 17.1 Å². The Kier molecular flexibility index (Phi) is 6.80. The van der Waals surface area contributed by atoms with E-state index in [4.69, 9.17) is 9.15 Å². The van der Waals surface area contributed by atoms with Crippen LogP contribution in [0, 0.1) is 0 Å². The average Bonchev–Trinajstić information content (AvgIpc) is 2.93. The van der Waals surface area contributed by atoms with Gasteiger partial charge in [0.15, 0.2) is 12.0 Å². The Morgan fingerprint density at radius 1 is 0.917 bits per heavy atom. The molecule has 182 valence electrons. The number of hydrogen-bond donors (Lipinski definition) is 1. The number of carbonyl (C=O) groups excluding carboxylic acids is 2. The van der Waals surface area contributed by atoms with Crippen molar-refractivity contribution in [1.82, 2.24) is 10.2 Å². The van der Waals surface area contributed by atoms with E-state index >= 15 is 0 Å². The molecule has 1 N–H and O–H groups in total. The molecule has 1 aliphatic heterocycles. The van der Waals surface area contributed by atoms with E-state index < -0.39 is 0 Å². The Balaban J connectivity index is 1.11. The number of nitrogens with one attached hydrogen (secondary N) is 1. The van der Waals surface area contributed by atoms with E-state index in [1.54, 1.807) is 42.5 Å². The summed E-state index contributed by atoms with van der Waals surface area (Å²) in [6, 6.07) is 24.9. The van der Waals surface area contributed by atoms with Gasteiger partial charge >= 0.3 is 0 Å². The molecule has 5 rings (SSSR count). The van der Waals surface area contributed by atoms with Gasteiger partial charge in [-0.2, -0.15) is 0 Å². The molecule has 1 aliphatic rings. The van der Waals surface area contributed by atoms with E-state index in [2.05, 4.69) is 5.32 Å². The second-order valence-corrected chi connectivity index (χ2v) is 8.78. The zero-order valence-electron chi connectivity index (χ0n) is 19.7. The molecule has 36 heavy (non-hydrogen) atoms. The molecule has 7 heteroatoms. The first-order chi connectivity index (χ1) is 17.6. The molecule has 0 spiro atoms. The number of ether oxygens (including phenoxy) is 1. The molecule has 0 radical (unpaired) electrons. The third-order valence-electron chi connectivity index (χ3n) is 6.31. The van der Waals surface area contributed by atoms with Crippen LogP contribution in [0.2, 0.25) is 0 Å². The predicted molar refractivity (Wildman–Crippen MR) is 137 cm³/mol. The second kappa shape index (κ2) is 10.5. The zero-order valence-corrected chi connectivity index (χ0v) is 19.7. The van der Waals surface area contributed by atoms with Crippen LogP contribution in [0.1, 0.15) is 23.2 Å². The van der Waals surface area contributed by atoms with Crippen molar-refractivity contribution in [2.75, 3.05) is 19.7 Å². The molecule has 0 aliphatic carbocycles. The van der Waals surface area contributed by atoms with Gasteiger partial charge in [0.1, 0.15) is 17.1 Å². The minimum atomic E-state index is -0.201. The van der Waals surface area contributed by atoms with Crippen molar-refractivity contribution >= 4 is 22.8 Å². The number of nitrogens with zero attached hydrogens (tertiary/aromatic N) is 1. The highest BCUT2D eigenvalue weighted by Crippen LogP contribution is 2.24. The minimum absolute atomic E-state index is 0.0131. The van der Waals surface area contributed by atoms with Gasteiger partial charge in [0, 0.05) is 36.3 Å². The van der Waals surface area contributed by atoms with Gasteiger partial charge in [-0.25, -0.2) is 0 Å². The summed E-state index contributed by atoms with van der Waals surface area (Å²) in [7, 11) is 0. The monoisotopic (exact) mass is 482 g/mol. The van der Waals surface area contributed by atoms with Crippen molar-refractivity contribution < 1.29 is 18.7 Å². The lowest BCUT2D eigenvalue weighted by Crippen LogP contribution is -2.47. The lowest BCUT2D eigenvalue weighted by Gasteiger charge is -2.32. The molecule has 1 aromatic heterocycles. The van der Waals surface area contributed by atoms with Gasteiger partial charge in [0.2, 0.25) is 0 Å². The summed E-state index contributed by atoms with van der Waals surface area (Å²) in [5, 5.41) is 3.54. The largest absolute Gasteiger partial charge is 0.484 e. The normalized spacial score (nSPS) is 13.9. The highest BCUT2D eigenvalue weighted by molar-refractivity contribution is 5.94. The van der Waals surface area contributed by atoms with Gasteiger partial charge in [0.25, 0.3) is 11.8 Å². The fourth-order valence-corrected chi connectivity index (χ4v) is 4.37. The summed E-state index contributed by atoms with van der Waals surface area (Å²) in [6.45, 7) is 1.10. The summed E-state index contributed by atoms with van der Waals surface area (Å²) in [5.74, 6) is 0.836. The molecule has 0 unspecified atom stereocenters. The predicted octanol–water partition coefficient (Wildman–Crippen LogP) is 4.26. The van der Waals surface area contributed by atoms with Crippen LogP contribution >= 0.6 is 0 Å². The lowest BCUT2D eigenvalue weighted by atomic mass is 10.0. The van der Waals surface area contributed by atoms with Gasteiger partial charge in [-0.15, -0.1) is 0 Å². The Bertz CT molecular complexity index is 1420. The molecular weight excluding hydrogens is 456 g/mol. The molecule has 1 saturated heterocycles. The van der Waals surface area contributed by atoms with Gasteiger partial charge < -0.3 is 19.4 Å². The number of likely N-dealkylation sites (tertiary alicyclic amines) is 1. The molecule has 2 heterocycles. The van der Waals surface area contributed by atoms with E-state index in [0.717, 1.165) is 5.56 Å². The topological polar surface area (TPSA) is 88.8 Å². The number of fused-ring (bicyclic) bond motifs is 1. The molecule has 0 atom stereocenters. The Hall–Kier alpha value is -4.39. The SMILES string of the molecule is O=C(COc1ccc(-c2cc(=O)c3ccccc3o2)cc1)NC1CCN(C(=O)c2ccccc2)CC1. The summed E-state index contributed by atoms with van der Waals surface area (Å²) < 4.78 is 11.5. The summed E-state index contributed by atoms with van der Waals surface area (Å²) in [4.78, 5) is 39.2. The third-order valence-corrected chi connectivity index (χ3v) is 6.31. The molecular formula is C29H26N2O5. The van der Waals surface area contributed by atoms with E-state index in [0.29, 0.717) is 54.0 Å². The van der Waals surface area contributed by atoms with E-state index in [-0.39, 0.29) is 29.9 Å². The number of benzene rings is 3. The van der Waals surface area contributed by atoms with Crippen molar-refractivity contribution in [2.45, 2.75) is 18.9 Å². The van der Waals surface area contributed by atoms with Crippen LogP contribution in [0.15, 0.2) is 94.1 Å². The van der Waals surface area contributed by atoms with E-state index in [1.165, 1.54) is 6.07 Å². The fourth-order valence-electron chi connectivity index (χ4n) is 4.37. The maximum Gasteiger partial charge on any atom is 0.258 e. The summed E-state index contributed by atoms with van der Waals surface area (Å²) in [6.07, 6.45) is 1.41. The van der Waals surface area contributed by atoms with Crippen LogP contribution in [-0.4, -0.2) is 42.5 Å². The highest BCUT2D eigenvalue weighted by Gasteiger charge is 2.24. The fraction of sp³-hybridized carbons (Fsp3) is 0.207. The molecule has 1 fully saturated rings. The maximum absolute atomic E-state index is 12.6. The van der Waals surface area contributed by atoms with Gasteiger partial charge in [-0.3, -0.25) is 14.4 Å². The molecule has 0 bridgehead atoms. The molecule has 3 aromatic carbocycles. The number of hydrogen-bond acceptors (Lipinski definition) is 5. The van der Waals surface area contributed by atoms with Crippen molar-refractivity contribution in [3.05, 3.63) is 101 Å². The van der Waals surface area contributed by atoms with Crippen molar-refractivity contribution in [3.63, 3.8) is 0 Å². The number of rotatable bonds is 6. The number of carbonyl (C=O) groups is 2. The second-order valence-electron chi connectivity index (χ2n) is 8.78. The number of para-hydroxylation sites is 1. The minimum Gasteiger partial charge on any atom is -0.484 e. The first-order valence-corrected chi connectivity index (χ1v) is 12.0. The van der Waals surface area contributed by atoms with Crippen LogP contribution in [0.4, 0.5) is 0 Å². The Morgan fingerprint density at radius 2 is 1.61 bits per heavy atom. The molecule has 4 aromatic rings. The smallest absolute Gasteiger partial charge is 0.258 e. The van der Waals surface area contributed by atoms with Crippen LogP contribution in [0.5, 0.6) is 5.75 Å². The van der Waals surface area contributed by atoms with Gasteiger partial charge in [0.05, 0.1) is 5.39 Å². The quantitative estimate of drug-likeness (QED) is 0.444. The number of piperidine rings is 1. The first kappa shape index (κ1) is 23.4. The molecule has 7 nitrogen and oxygen atoms in total. The van der Waals surface area contributed by atoms with Gasteiger partial charge in [-0.05, 0) is 61.4 Å². The third kappa shape index (κ3) is 5.30. The van der Waals surface area contributed by atoms with Crippen molar-refractivity contribution in [1.29, 1.82) is 0 Å². The van der Waals surface area contributed by atoms with Crippen LogP contribution in [-0.2, 0) is 4.79 Å². The van der Waals surface area contributed by atoms with Crippen molar-refractivity contribution in [2.24, 2.45) is 0 Å². The first-order valence-electron chi connectivity index (χ1n) is 12.0.